The van der Waals surface area contributed by atoms with Crippen LogP contribution in [0, 0.1) is 6.92 Å². The van der Waals surface area contributed by atoms with E-state index in [1.807, 2.05) is 31.2 Å². The molecule has 3 rings (SSSR count). The Morgan fingerprint density at radius 3 is 2.72 bits per heavy atom. The Hall–Kier alpha value is -2.30. The van der Waals surface area contributed by atoms with Crippen LogP contribution < -0.4 is 15.2 Å². The van der Waals surface area contributed by atoms with Gasteiger partial charge in [-0.05, 0) is 31.2 Å². The van der Waals surface area contributed by atoms with Crippen LogP contribution in [0.3, 0.4) is 0 Å². The molecule has 18 heavy (non-hydrogen) atoms. The van der Waals surface area contributed by atoms with E-state index in [1.54, 1.807) is 0 Å². The number of H-pyrrole nitrogens is 1. The fraction of sp³-hybridized carbons (Fsp3) is 0.231. The predicted molar refractivity (Wildman–Crippen MR) is 66.0 cm³/mol. The van der Waals surface area contributed by atoms with Crippen LogP contribution >= 0.6 is 0 Å². The molecule has 5 heteroatoms. The monoisotopic (exact) mass is 244 g/mol. The average molecular weight is 244 g/mol. The summed E-state index contributed by atoms with van der Waals surface area (Å²) >= 11 is 0. The molecule has 0 radical (unpaired) electrons. The van der Waals surface area contributed by atoms with Crippen molar-refractivity contribution < 1.29 is 9.47 Å². The van der Waals surface area contributed by atoms with Gasteiger partial charge in [0.05, 0.1) is 5.69 Å². The Balaban J connectivity index is 2.08. The molecule has 1 aliphatic heterocycles. The number of ether oxygens (including phenoxy) is 2. The maximum Gasteiger partial charge on any atom is 0.345 e. The normalized spacial score (nSPS) is 13.4. The molecule has 2 heterocycles. The third-order valence-corrected chi connectivity index (χ3v) is 2.72. The Bertz CT molecular complexity index is 649. The molecule has 1 N–H and O–H groups in total. The lowest BCUT2D eigenvalue weighted by molar-refractivity contribution is 0.171. The minimum atomic E-state index is -0.347. The van der Waals surface area contributed by atoms with Crippen molar-refractivity contribution in [2.24, 2.45) is 0 Å². The van der Waals surface area contributed by atoms with E-state index in [-0.39, 0.29) is 5.69 Å². The zero-order valence-electron chi connectivity index (χ0n) is 9.90. The zero-order chi connectivity index (χ0) is 12.5. The molecule has 0 aliphatic carbocycles. The van der Waals surface area contributed by atoms with Gasteiger partial charge in [-0.25, -0.2) is 4.79 Å². The maximum absolute atomic E-state index is 11.4. The summed E-state index contributed by atoms with van der Waals surface area (Å²) in [5.74, 6) is 1.42. The maximum atomic E-state index is 11.4. The molecule has 0 saturated carbocycles. The van der Waals surface area contributed by atoms with Gasteiger partial charge in [-0.15, -0.1) is 0 Å². The molecule has 0 amide bonds. The van der Waals surface area contributed by atoms with Gasteiger partial charge in [0.25, 0.3) is 0 Å². The molecule has 5 nitrogen and oxygen atoms in total. The van der Waals surface area contributed by atoms with E-state index in [0.29, 0.717) is 24.7 Å². The fourth-order valence-electron chi connectivity index (χ4n) is 1.93. The van der Waals surface area contributed by atoms with Crippen LogP contribution in [0.4, 0.5) is 0 Å². The summed E-state index contributed by atoms with van der Waals surface area (Å²) < 4.78 is 11.0. The molecule has 1 aromatic carbocycles. The van der Waals surface area contributed by atoms with Crippen LogP contribution in [0.15, 0.2) is 29.1 Å². The van der Waals surface area contributed by atoms with Crippen molar-refractivity contribution in [3.63, 3.8) is 0 Å². The molecule has 0 fully saturated rings. The fourth-order valence-corrected chi connectivity index (χ4v) is 1.93. The first-order chi connectivity index (χ1) is 8.72. The van der Waals surface area contributed by atoms with Gasteiger partial charge in [-0.1, -0.05) is 0 Å². The minimum absolute atomic E-state index is 0.347. The van der Waals surface area contributed by atoms with Gasteiger partial charge in [0, 0.05) is 11.3 Å². The number of nitrogens with one attached hydrogen (secondary N) is 1. The van der Waals surface area contributed by atoms with Crippen LogP contribution in [0.1, 0.15) is 5.69 Å². The van der Waals surface area contributed by atoms with Crippen molar-refractivity contribution >= 4 is 0 Å². The topological polar surface area (TPSA) is 64.2 Å². The second-order valence-corrected chi connectivity index (χ2v) is 4.11. The van der Waals surface area contributed by atoms with Crippen molar-refractivity contribution in [1.82, 2.24) is 9.97 Å². The van der Waals surface area contributed by atoms with Crippen LogP contribution in [0.2, 0.25) is 0 Å². The first kappa shape index (κ1) is 10.8. The summed E-state index contributed by atoms with van der Waals surface area (Å²) in [6.07, 6.45) is 0. The lowest BCUT2D eigenvalue weighted by Crippen LogP contribution is -2.15. The van der Waals surface area contributed by atoms with E-state index in [0.717, 1.165) is 17.0 Å². The summed E-state index contributed by atoms with van der Waals surface area (Å²) in [6, 6.07) is 7.37. The van der Waals surface area contributed by atoms with Gasteiger partial charge in [0.2, 0.25) is 0 Å². The highest BCUT2D eigenvalue weighted by Gasteiger charge is 2.13. The van der Waals surface area contributed by atoms with Crippen molar-refractivity contribution in [2.45, 2.75) is 6.92 Å². The van der Waals surface area contributed by atoms with E-state index < -0.39 is 0 Å². The van der Waals surface area contributed by atoms with E-state index in [2.05, 4.69) is 9.97 Å². The summed E-state index contributed by atoms with van der Waals surface area (Å²) in [4.78, 5) is 17.9. The molecule has 1 aromatic heterocycles. The number of rotatable bonds is 1. The average Bonchev–Trinajstić information content (AvgIpc) is 2.37. The third-order valence-electron chi connectivity index (χ3n) is 2.72. The highest BCUT2D eigenvalue weighted by Crippen LogP contribution is 2.33. The van der Waals surface area contributed by atoms with Gasteiger partial charge in [-0.3, -0.25) is 0 Å². The molecule has 2 aromatic rings. The SMILES string of the molecule is Cc1cc(-c2ccc3c(c2)OCCO3)nc(=O)[nH]1. The van der Waals surface area contributed by atoms with Crippen molar-refractivity contribution in [3.8, 4) is 22.8 Å². The number of aromatic nitrogens is 2. The molecule has 92 valence electrons. The van der Waals surface area contributed by atoms with E-state index in [1.165, 1.54) is 0 Å². The minimum Gasteiger partial charge on any atom is -0.486 e. The summed E-state index contributed by atoms with van der Waals surface area (Å²) in [5, 5.41) is 0. The van der Waals surface area contributed by atoms with E-state index in [9.17, 15) is 4.79 Å². The van der Waals surface area contributed by atoms with E-state index >= 15 is 0 Å². The van der Waals surface area contributed by atoms with Crippen LogP contribution in [0.25, 0.3) is 11.3 Å². The Morgan fingerprint density at radius 2 is 1.94 bits per heavy atom. The number of aromatic amines is 1. The zero-order valence-corrected chi connectivity index (χ0v) is 9.90. The lowest BCUT2D eigenvalue weighted by Gasteiger charge is -2.18. The smallest absolute Gasteiger partial charge is 0.345 e. The number of benzene rings is 1. The van der Waals surface area contributed by atoms with Gasteiger partial charge in [0.1, 0.15) is 13.2 Å². The Kier molecular flexibility index (Phi) is 2.51. The van der Waals surface area contributed by atoms with Gasteiger partial charge >= 0.3 is 5.69 Å². The van der Waals surface area contributed by atoms with Crippen molar-refractivity contribution in [2.75, 3.05) is 13.2 Å². The van der Waals surface area contributed by atoms with E-state index in [4.69, 9.17) is 9.47 Å². The highest BCUT2D eigenvalue weighted by molar-refractivity contribution is 5.64. The molecule has 1 aliphatic rings. The van der Waals surface area contributed by atoms with Crippen molar-refractivity contribution in [3.05, 3.63) is 40.4 Å². The molecule has 0 saturated heterocycles. The van der Waals surface area contributed by atoms with Crippen LogP contribution in [0.5, 0.6) is 11.5 Å². The first-order valence-electron chi connectivity index (χ1n) is 5.70. The summed E-state index contributed by atoms with van der Waals surface area (Å²) in [7, 11) is 0. The van der Waals surface area contributed by atoms with Gasteiger partial charge in [0.15, 0.2) is 11.5 Å². The second kappa shape index (κ2) is 4.18. The number of hydrogen-bond acceptors (Lipinski definition) is 4. The van der Waals surface area contributed by atoms with Gasteiger partial charge in [-0.2, -0.15) is 4.98 Å². The largest absolute Gasteiger partial charge is 0.486 e. The number of hydrogen-bond donors (Lipinski definition) is 1. The predicted octanol–water partition coefficient (Wildman–Crippen LogP) is 1.52. The lowest BCUT2D eigenvalue weighted by atomic mass is 10.1. The number of fused-ring (bicyclic) bond motifs is 1. The molecule has 0 spiro atoms. The van der Waals surface area contributed by atoms with Crippen LogP contribution in [-0.2, 0) is 0 Å². The number of aryl methyl sites for hydroxylation is 1. The first-order valence-corrected chi connectivity index (χ1v) is 5.70. The standard InChI is InChI=1S/C13H12N2O3/c1-8-6-10(15-13(16)14-8)9-2-3-11-12(7-9)18-5-4-17-11/h2-3,6-7H,4-5H2,1H3,(H,14,15,16). The van der Waals surface area contributed by atoms with Crippen LogP contribution in [-0.4, -0.2) is 23.2 Å². The summed E-state index contributed by atoms with van der Waals surface area (Å²) in [5.41, 5.74) is 1.90. The molecule has 0 bridgehead atoms. The Labute approximate surface area is 103 Å². The van der Waals surface area contributed by atoms with Gasteiger partial charge < -0.3 is 14.5 Å². The molecular weight excluding hydrogens is 232 g/mol. The summed E-state index contributed by atoms with van der Waals surface area (Å²) in [6.45, 7) is 2.93. The number of nitrogens with zero attached hydrogens (tertiary/aromatic N) is 1. The molecule has 0 atom stereocenters. The quantitative estimate of drug-likeness (QED) is 0.826. The third kappa shape index (κ3) is 1.95. The Morgan fingerprint density at radius 1 is 1.17 bits per heavy atom. The van der Waals surface area contributed by atoms with Crippen molar-refractivity contribution in [1.29, 1.82) is 0 Å². The second-order valence-electron chi connectivity index (χ2n) is 4.11. The molecule has 0 unspecified atom stereocenters. The highest BCUT2D eigenvalue weighted by atomic mass is 16.6. The molecular formula is C13H12N2O3.